The number of alkyl halides is 2. The van der Waals surface area contributed by atoms with Crippen LogP contribution in [0.15, 0.2) is 0 Å². The SMILES string of the molecule is CCOC(=O)CC1CC(F)(F)C(=O)N1OC. The van der Waals surface area contributed by atoms with E-state index in [-0.39, 0.29) is 13.0 Å². The average Bonchev–Trinajstić information content (AvgIpc) is 2.37. The molecule has 0 spiro atoms. The Labute approximate surface area is 91.2 Å². The quantitative estimate of drug-likeness (QED) is 0.676. The van der Waals surface area contributed by atoms with Crippen molar-refractivity contribution in [3.8, 4) is 0 Å². The molecule has 0 radical (unpaired) electrons. The number of halogens is 2. The maximum atomic E-state index is 13.0. The molecule has 0 aromatic heterocycles. The van der Waals surface area contributed by atoms with Crippen LogP contribution in [0.25, 0.3) is 0 Å². The van der Waals surface area contributed by atoms with Crippen LogP contribution in [-0.2, 0) is 19.2 Å². The lowest BCUT2D eigenvalue weighted by molar-refractivity contribution is -0.189. The maximum absolute atomic E-state index is 13.0. The van der Waals surface area contributed by atoms with Crippen LogP contribution in [0.1, 0.15) is 19.8 Å². The highest BCUT2D eigenvalue weighted by atomic mass is 19.3. The first kappa shape index (κ1) is 12.8. The van der Waals surface area contributed by atoms with Gasteiger partial charge in [-0.1, -0.05) is 0 Å². The number of hydrogen-bond acceptors (Lipinski definition) is 4. The van der Waals surface area contributed by atoms with Crippen molar-refractivity contribution >= 4 is 11.9 Å². The first-order chi connectivity index (χ1) is 7.42. The normalized spacial score (nSPS) is 23.6. The number of carbonyl (C=O) groups is 2. The summed E-state index contributed by atoms with van der Waals surface area (Å²) < 4.78 is 30.7. The van der Waals surface area contributed by atoms with Gasteiger partial charge >= 0.3 is 17.8 Å². The lowest BCUT2D eigenvalue weighted by Crippen LogP contribution is -2.36. The van der Waals surface area contributed by atoms with Gasteiger partial charge in [-0.3, -0.25) is 14.4 Å². The van der Waals surface area contributed by atoms with Crippen molar-refractivity contribution in [3.63, 3.8) is 0 Å². The summed E-state index contributed by atoms with van der Waals surface area (Å²) in [4.78, 5) is 26.8. The Morgan fingerprint density at radius 2 is 2.25 bits per heavy atom. The number of hydroxylamine groups is 2. The molecular formula is C9H13F2NO4. The summed E-state index contributed by atoms with van der Waals surface area (Å²) >= 11 is 0. The molecule has 0 aromatic carbocycles. The Morgan fingerprint density at radius 1 is 1.62 bits per heavy atom. The maximum Gasteiger partial charge on any atom is 0.329 e. The molecule has 92 valence electrons. The summed E-state index contributed by atoms with van der Waals surface area (Å²) in [5, 5.41) is 0.539. The van der Waals surface area contributed by atoms with Gasteiger partial charge in [-0.05, 0) is 6.92 Å². The van der Waals surface area contributed by atoms with Crippen LogP contribution >= 0.6 is 0 Å². The van der Waals surface area contributed by atoms with Crippen LogP contribution in [-0.4, -0.2) is 42.6 Å². The van der Waals surface area contributed by atoms with Gasteiger partial charge in [0.15, 0.2) is 0 Å². The topological polar surface area (TPSA) is 55.8 Å². The van der Waals surface area contributed by atoms with Crippen molar-refractivity contribution in [2.75, 3.05) is 13.7 Å². The number of hydrogen-bond donors (Lipinski definition) is 0. The molecule has 1 rings (SSSR count). The lowest BCUT2D eigenvalue weighted by Gasteiger charge is -2.19. The third kappa shape index (κ3) is 2.46. The van der Waals surface area contributed by atoms with E-state index in [1.807, 2.05) is 0 Å². The van der Waals surface area contributed by atoms with E-state index in [1.54, 1.807) is 6.92 Å². The second kappa shape index (κ2) is 4.73. The fourth-order valence-corrected chi connectivity index (χ4v) is 1.59. The fraction of sp³-hybridized carbons (Fsp3) is 0.778. The van der Waals surface area contributed by atoms with Gasteiger partial charge in [0, 0.05) is 6.42 Å². The highest BCUT2D eigenvalue weighted by molar-refractivity contribution is 5.86. The van der Waals surface area contributed by atoms with E-state index in [2.05, 4.69) is 9.57 Å². The number of amides is 1. The van der Waals surface area contributed by atoms with Crippen molar-refractivity contribution in [1.82, 2.24) is 5.06 Å². The van der Waals surface area contributed by atoms with Gasteiger partial charge in [-0.2, -0.15) is 8.78 Å². The molecule has 0 bridgehead atoms. The van der Waals surface area contributed by atoms with Crippen molar-refractivity contribution in [1.29, 1.82) is 0 Å². The predicted octanol–water partition coefficient (Wildman–Crippen LogP) is 0.737. The van der Waals surface area contributed by atoms with Crippen LogP contribution in [0.2, 0.25) is 0 Å². The molecule has 1 aliphatic rings. The van der Waals surface area contributed by atoms with Gasteiger partial charge in [-0.15, -0.1) is 0 Å². The lowest BCUT2D eigenvalue weighted by atomic mass is 10.1. The van der Waals surface area contributed by atoms with Crippen LogP contribution in [0.4, 0.5) is 8.78 Å². The minimum atomic E-state index is -3.47. The Morgan fingerprint density at radius 3 is 2.75 bits per heavy atom. The number of esters is 1. The summed E-state index contributed by atoms with van der Waals surface area (Å²) in [6, 6.07) is -0.966. The highest BCUT2D eigenvalue weighted by Crippen LogP contribution is 2.34. The molecule has 0 saturated carbocycles. The smallest absolute Gasteiger partial charge is 0.329 e. The van der Waals surface area contributed by atoms with Crippen LogP contribution < -0.4 is 0 Å². The Hall–Kier alpha value is -1.24. The number of ether oxygens (including phenoxy) is 1. The van der Waals surface area contributed by atoms with Crippen molar-refractivity contribution in [2.24, 2.45) is 0 Å². The molecule has 1 amide bonds. The Bertz CT molecular complexity index is 295. The van der Waals surface area contributed by atoms with Crippen molar-refractivity contribution < 1.29 is 27.9 Å². The summed E-state index contributed by atoms with van der Waals surface area (Å²) in [6.07, 6.45) is -1.01. The molecule has 1 fully saturated rings. The second-order valence-electron chi connectivity index (χ2n) is 3.39. The molecule has 0 N–H and O–H groups in total. The summed E-state index contributed by atoms with van der Waals surface area (Å²) in [5.41, 5.74) is 0. The average molecular weight is 237 g/mol. The summed E-state index contributed by atoms with van der Waals surface area (Å²) in [7, 11) is 1.11. The molecule has 7 heteroatoms. The molecule has 1 aliphatic heterocycles. The number of carbonyl (C=O) groups excluding carboxylic acids is 2. The molecule has 0 aromatic rings. The van der Waals surface area contributed by atoms with Gasteiger partial charge in [0.1, 0.15) is 0 Å². The monoisotopic (exact) mass is 237 g/mol. The molecule has 1 saturated heterocycles. The zero-order valence-electron chi connectivity index (χ0n) is 9.03. The van der Waals surface area contributed by atoms with Crippen molar-refractivity contribution in [2.45, 2.75) is 31.7 Å². The zero-order chi connectivity index (χ0) is 12.3. The Kier molecular flexibility index (Phi) is 3.79. The van der Waals surface area contributed by atoms with E-state index in [9.17, 15) is 18.4 Å². The molecule has 16 heavy (non-hydrogen) atoms. The molecule has 1 unspecified atom stereocenters. The largest absolute Gasteiger partial charge is 0.466 e. The van der Waals surface area contributed by atoms with Gasteiger partial charge < -0.3 is 4.74 Å². The van der Waals surface area contributed by atoms with E-state index in [4.69, 9.17) is 0 Å². The van der Waals surface area contributed by atoms with Gasteiger partial charge in [0.05, 0.1) is 26.2 Å². The fourth-order valence-electron chi connectivity index (χ4n) is 1.59. The minimum Gasteiger partial charge on any atom is -0.466 e. The van der Waals surface area contributed by atoms with E-state index < -0.39 is 30.3 Å². The number of nitrogens with zero attached hydrogens (tertiary/aromatic N) is 1. The highest BCUT2D eigenvalue weighted by Gasteiger charge is 2.54. The zero-order valence-corrected chi connectivity index (χ0v) is 9.03. The summed E-state index contributed by atoms with van der Waals surface area (Å²) in [6.45, 7) is 1.78. The van der Waals surface area contributed by atoms with Crippen molar-refractivity contribution in [3.05, 3.63) is 0 Å². The van der Waals surface area contributed by atoms with Crippen LogP contribution in [0.3, 0.4) is 0 Å². The predicted molar refractivity (Wildman–Crippen MR) is 48.5 cm³/mol. The van der Waals surface area contributed by atoms with Gasteiger partial charge in [0.2, 0.25) is 0 Å². The first-order valence-corrected chi connectivity index (χ1v) is 4.83. The summed E-state index contributed by atoms with van der Waals surface area (Å²) in [5.74, 6) is -5.50. The van der Waals surface area contributed by atoms with E-state index >= 15 is 0 Å². The van der Waals surface area contributed by atoms with Gasteiger partial charge in [-0.25, -0.2) is 5.06 Å². The third-order valence-corrected chi connectivity index (χ3v) is 2.24. The third-order valence-electron chi connectivity index (χ3n) is 2.24. The second-order valence-corrected chi connectivity index (χ2v) is 3.39. The molecule has 1 atom stereocenters. The first-order valence-electron chi connectivity index (χ1n) is 4.83. The molecule has 0 aliphatic carbocycles. The standard InChI is InChI=1S/C9H13F2NO4/c1-3-16-7(13)4-6-5-9(10,11)8(14)12(6)15-2/h6H,3-5H2,1-2H3. The van der Waals surface area contributed by atoms with E-state index in [0.717, 1.165) is 7.11 Å². The minimum absolute atomic E-state index is 0.170. The van der Waals surface area contributed by atoms with Crippen LogP contribution in [0, 0.1) is 0 Å². The molecular weight excluding hydrogens is 224 g/mol. The van der Waals surface area contributed by atoms with E-state index in [0.29, 0.717) is 5.06 Å². The van der Waals surface area contributed by atoms with Gasteiger partial charge in [0.25, 0.3) is 0 Å². The number of rotatable bonds is 4. The Balaban J connectivity index is 2.67. The molecule has 5 nitrogen and oxygen atoms in total. The van der Waals surface area contributed by atoms with E-state index in [1.165, 1.54) is 0 Å². The molecule has 1 heterocycles. The van der Waals surface area contributed by atoms with Crippen LogP contribution in [0.5, 0.6) is 0 Å².